The van der Waals surface area contributed by atoms with Crippen molar-refractivity contribution < 1.29 is 14.6 Å². The van der Waals surface area contributed by atoms with Gasteiger partial charge in [0.2, 0.25) is 0 Å². The zero-order valence-electron chi connectivity index (χ0n) is 10.3. The van der Waals surface area contributed by atoms with E-state index in [0.29, 0.717) is 12.1 Å². The van der Waals surface area contributed by atoms with Gasteiger partial charge in [0.1, 0.15) is 0 Å². The summed E-state index contributed by atoms with van der Waals surface area (Å²) in [5.74, 6) is -1.02. The van der Waals surface area contributed by atoms with Gasteiger partial charge < -0.3 is 9.84 Å². The average molecular weight is 307 g/mol. The Balaban J connectivity index is 0.00000180. The number of morpholine rings is 1. The molecule has 0 radical (unpaired) electrons. The molecule has 0 atom stereocenters. The van der Waals surface area contributed by atoms with E-state index in [-0.39, 0.29) is 23.0 Å². The largest absolute Gasteiger partial charge is 0.478 e. The molecule has 1 saturated heterocycles. The molecular formula is C12H16Cl2N2O3. The van der Waals surface area contributed by atoms with Crippen molar-refractivity contribution in [1.82, 2.24) is 9.88 Å². The van der Waals surface area contributed by atoms with Gasteiger partial charge >= 0.3 is 5.97 Å². The number of carboxylic acids is 1. The van der Waals surface area contributed by atoms with Crippen molar-refractivity contribution in [3.05, 3.63) is 28.5 Å². The predicted octanol–water partition coefficient (Wildman–Crippen LogP) is 1.73. The first-order valence-corrected chi connectivity index (χ1v) is 6.23. The Morgan fingerprint density at radius 2 is 2.16 bits per heavy atom. The van der Waals surface area contributed by atoms with E-state index in [4.69, 9.17) is 21.4 Å². The van der Waals surface area contributed by atoms with E-state index in [1.165, 1.54) is 12.3 Å². The summed E-state index contributed by atoms with van der Waals surface area (Å²) >= 11 is 6.03. The van der Waals surface area contributed by atoms with Crippen molar-refractivity contribution in [1.29, 1.82) is 0 Å². The number of aromatic carboxylic acids is 1. The monoisotopic (exact) mass is 306 g/mol. The highest BCUT2D eigenvalue weighted by molar-refractivity contribution is 6.34. The molecular weight excluding hydrogens is 291 g/mol. The molecule has 0 spiro atoms. The lowest BCUT2D eigenvalue weighted by molar-refractivity contribution is 0.0383. The standard InChI is InChI=1S/C12H15ClN2O3.ClH/c13-11-9(12(16)17)1-3-14-10(11)2-4-15-5-7-18-8-6-15;/h1,3H,2,4-8H2,(H,16,17);1H. The maximum absolute atomic E-state index is 10.9. The molecule has 7 heteroatoms. The van der Waals surface area contributed by atoms with Crippen LogP contribution in [-0.2, 0) is 11.2 Å². The molecule has 1 aromatic heterocycles. The van der Waals surface area contributed by atoms with Crippen molar-refractivity contribution in [3.8, 4) is 0 Å². The quantitative estimate of drug-likeness (QED) is 0.918. The summed E-state index contributed by atoms with van der Waals surface area (Å²) in [4.78, 5) is 17.4. The fourth-order valence-corrected chi connectivity index (χ4v) is 2.20. The van der Waals surface area contributed by atoms with E-state index in [0.717, 1.165) is 32.8 Å². The molecule has 1 fully saturated rings. The third kappa shape index (κ3) is 4.31. The molecule has 1 aliphatic rings. The fraction of sp³-hybridized carbons (Fsp3) is 0.500. The van der Waals surface area contributed by atoms with Gasteiger partial charge in [0.25, 0.3) is 0 Å². The SMILES string of the molecule is Cl.O=C(O)c1ccnc(CCN2CCOCC2)c1Cl. The summed E-state index contributed by atoms with van der Waals surface area (Å²) in [6.45, 7) is 4.11. The van der Waals surface area contributed by atoms with E-state index in [1.54, 1.807) is 0 Å². The molecule has 106 valence electrons. The molecule has 2 rings (SSSR count). The van der Waals surface area contributed by atoms with Crippen LogP contribution in [0.1, 0.15) is 16.1 Å². The molecule has 5 nitrogen and oxygen atoms in total. The highest BCUT2D eigenvalue weighted by Crippen LogP contribution is 2.19. The lowest BCUT2D eigenvalue weighted by Crippen LogP contribution is -2.37. The van der Waals surface area contributed by atoms with Gasteiger partial charge in [-0.3, -0.25) is 9.88 Å². The molecule has 0 saturated carbocycles. The van der Waals surface area contributed by atoms with E-state index in [1.807, 2.05) is 0 Å². The summed E-state index contributed by atoms with van der Waals surface area (Å²) in [5.41, 5.74) is 0.756. The number of carboxylic acid groups (broad SMARTS) is 1. The molecule has 19 heavy (non-hydrogen) atoms. The number of rotatable bonds is 4. The van der Waals surface area contributed by atoms with Gasteiger partial charge in [-0.1, -0.05) is 11.6 Å². The van der Waals surface area contributed by atoms with Crippen molar-refractivity contribution in [3.63, 3.8) is 0 Å². The van der Waals surface area contributed by atoms with Crippen LogP contribution in [0.3, 0.4) is 0 Å². The van der Waals surface area contributed by atoms with Crippen LogP contribution in [0.5, 0.6) is 0 Å². The zero-order chi connectivity index (χ0) is 13.0. The highest BCUT2D eigenvalue weighted by atomic mass is 35.5. The van der Waals surface area contributed by atoms with Crippen molar-refractivity contribution in [2.45, 2.75) is 6.42 Å². The molecule has 2 heterocycles. The molecule has 0 aromatic carbocycles. The topological polar surface area (TPSA) is 62.7 Å². The molecule has 0 aliphatic carbocycles. The van der Waals surface area contributed by atoms with Crippen molar-refractivity contribution in [2.24, 2.45) is 0 Å². The van der Waals surface area contributed by atoms with Crippen LogP contribution >= 0.6 is 24.0 Å². The first-order valence-electron chi connectivity index (χ1n) is 5.85. The van der Waals surface area contributed by atoms with Crippen LogP contribution in [-0.4, -0.2) is 53.8 Å². The van der Waals surface area contributed by atoms with Gasteiger partial charge in [0, 0.05) is 32.3 Å². The second-order valence-corrected chi connectivity index (χ2v) is 4.51. The third-order valence-corrected chi connectivity index (χ3v) is 3.38. The Hall–Kier alpha value is -0.880. The first kappa shape index (κ1) is 16.2. The predicted molar refractivity (Wildman–Crippen MR) is 74.4 cm³/mol. The lowest BCUT2D eigenvalue weighted by atomic mass is 10.2. The Morgan fingerprint density at radius 1 is 1.47 bits per heavy atom. The number of ether oxygens (including phenoxy) is 1. The molecule has 0 amide bonds. The number of pyridine rings is 1. The second kappa shape index (κ2) is 7.65. The first-order chi connectivity index (χ1) is 8.68. The number of nitrogens with zero attached hydrogens (tertiary/aromatic N) is 2. The average Bonchev–Trinajstić information content (AvgIpc) is 2.38. The minimum atomic E-state index is -1.02. The van der Waals surface area contributed by atoms with E-state index < -0.39 is 5.97 Å². The van der Waals surface area contributed by atoms with Crippen molar-refractivity contribution >= 4 is 30.0 Å². The van der Waals surface area contributed by atoms with E-state index in [2.05, 4.69) is 9.88 Å². The molecule has 0 unspecified atom stereocenters. The van der Waals surface area contributed by atoms with Crippen molar-refractivity contribution in [2.75, 3.05) is 32.8 Å². The van der Waals surface area contributed by atoms with Gasteiger partial charge in [-0.25, -0.2) is 4.79 Å². The highest BCUT2D eigenvalue weighted by Gasteiger charge is 2.15. The van der Waals surface area contributed by atoms with Crippen LogP contribution in [0, 0.1) is 0 Å². The molecule has 0 bridgehead atoms. The Bertz CT molecular complexity index is 437. The maximum Gasteiger partial charge on any atom is 0.337 e. The minimum absolute atomic E-state index is 0. The van der Waals surface area contributed by atoms with Gasteiger partial charge in [0.05, 0.1) is 29.5 Å². The number of aromatic nitrogens is 1. The number of halogens is 2. The van der Waals surface area contributed by atoms with Crippen LogP contribution in [0.2, 0.25) is 5.02 Å². The van der Waals surface area contributed by atoms with E-state index >= 15 is 0 Å². The molecule has 1 aromatic rings. The van der Waals surface area contributed by atoms with E-state index in [9.17, 15) is 4.79 Å². The number of hydrogen-bond donors (Lipinski definition) is 1. The maximum atomic E-state index is 10.9. The zero-order valence-corrected chi connectivity index (χ0v) is 11.9. The summed E-state index contributed by atoms with van der Waals surface area (Å²) in [5, 5.41) is 9.22. The number of hydrogen-bond acceptors (Lipinski definition) is 4. The van der Waals surface area contributed by atoms with Crippen LogP contribution in [0.15, 0.2) is 12.3 Å². The normalized spacial score (nSPS) is 15.8. The van der Waals surface area contributed by atoms with Gasteiger partial charge in [0.15, 0.2) is 0 Å². The van der Waals surface area contributed by atoms with Gasteiger partial charge in [-0.15, -0.1) is 12.4 Å². The Labute approximate surface area is 122 Å². The fourth-order valence-electron chi connectivity index (χ4n) is 1.92. The minimum Gasteiger partial charge on any atom is -0.478 e. The Morgan fingerprint density at radius 3 is 2.79 bits per heavy atom. The van der Waals surface area contributed by atoms with Crippen LogP contribution in [0.4, 0.5) is 0 Å². The van der Waals surface area contributed by atoms with Crippen LogP contribution < -0.4 is 0 Å². The second-order valence-electron chi connectivity index (χ2n) is 4.13. The smallest absolute Gasteiger partial charge is 0.337 e. The summed E-state index contributed by atoms with van der Waals surface area (Å²) in [7, 11) is 0. The summed E-state index contributed by atoms with van der Waals surface area (Å²) in [6, 6.07) is 1.42. The van der Waals surface area contributed by atoms with Gasteiger partial charge in [-0.05, 0) is 6.07 Å². The summed E-state index contributed by atoms with van der Waals surface area (Å²) in [6.07, 6.45) is 2.14. The summed E-state index contributed by atoms with van der Waals surface area (Å²) < 4.78 is 5.26. The Kier molecular flexibility index (Phi) is 6.51. The molecule has 1 N–H and O–H groups in total. The molecule has 1 aliphatic heterocycles. The van der Waals surface area contributed by atoms with Gasteiger partial charge in [-0.2, -0.15) is 0 Å². The number of carbonyl (C=O) groups is 1. The lowest BCUT2D eigenvalue weighted by Gasteiger charge is -2.26. The van der Waals surface area contributed by atoms with Crippen LogP contribution in [0.25, 0.3) is 0 Å². The third-order valence-electron chi connectivity index (χ3n) is 2.96.